The second-order valence-electron chi connectivity index (χ2n) is 3.74. The average Bonchev–Trinajstić information content (AvgIpc) is 2.29. The molecule has 5 heteroatoms. The predicted octanol–water partition coefficient (Wildman–Crippen LogP) is 2.42. The van der Waals surface area contributed by atoms with Crippen LogP contribution in [0.2, 0.25) is 0 Å². The van der Waals surface area contributed by atoms with Gasteiger partial charge in [0.25, 0.3) is 5.69 Å². The van der Waals surface area contributed by atoms with Crippen LogP contribution in [0.15, 0.2) is 24.3 Å². The zero-order chi connectivity index (χ0) is 12.0. The largest absolute Gasteiger partial charge is 0.330 e. The van der Waals surface area contributed by atoms with Gasteiger partial charge in [0.2, 0.25) is 0 Å². The van der Waals surface area contributed by atoms with Crippen molar-refractivity contribution in [2.45, 2.75) is 12.7 Å². The number of rotatable bonds is 6. The number of nitrogens with two attached hydrogens (primary N) is 1. The average molecular weight is 240 g/mol. The van der Waals surface area contributed by atoms with Crippen LogP contribution in [0, 0.1) is 16.0 Å². The zero-order valence-corrected chi connectivity index (χ0v) is 10.1. The lowest BCUT2D eigenvalue weighted by atomic mass is 10.2. The van der Waals surface area contributed by atoms with Crippen LogP contribution >= 0.6 is 11.8 Å². The molecule has 0 saturated heterocycles. The molecule has 2 N–H and O–H groups in total. The monoisotopic (exact) mass is 240 g/mol. The molecule has 0 aliphatic rings. The number of nitro benzene ring substituents is 1. The Balaban J connectivity index is 2.56. The molecule has 0 aliphatic carbocycles. The third-order valence-corrected chi connectivity index (χ3v) is 3.57. The fourth-order valence-electron chi connectivity index (χ4n) is 1.25. The van der Waals surface area contributed by atoms with Gasteiger partial charge in [0, 0.05) is 17.4 Å². The number of nitrogens with zero attached hydrogens (tertiary/aromatic N) is 1. The standard InChI is InChI=1S/C11H16N2O2S/c1-9(6-12)7-16-8-10-4-2-3-5-11(10)13(14)15/h2-5,9H,6-8,12H2,1H3. The van der Waals surface area contributed by atoms with Crippen LogP contribution in [0.5, 0.6) is 0 Å². The topological polar surface area (TPSA) is 69.2 Å². The van der Waals surface area contributed by atoms with Gasteiger partial charge >= 0.3 is 0 Å². The van der Waals surface area contributed by atoms with Crippen molar-refractivity contribution in [3.63, 3.8) is 0 Å². The molecule has 0 aliphatic heterocycles. The van der Waals surface area contributed by atoms with Gasteiger partial charge in [-0.25, -0.2) is 0 Å². The van der Waals surface area contributed by atoms with Crippen LogP contribution in [0.25, 0.3) is 0 Å². The van der Waals surface area contributed by atoms with Crippen LogP contribution in [-0.4, -0.2) is 17.2 Å². The van der Waals surface area contributed by atoms with E-state index in [1.807, 2.05) is 6.07 Å². The molecule has 1 unspecified atom stereocenters. The number of benzene rings is 1. The first-order valence-corrected chi connectivity index (χ1v) is 6.30. The number of thioether (sulfide) groups is 1. The van der Waals surface area contributed by atoms with E-state index in [1.54, 1.807) is 30.0 Å². The maximum Gasteiger partial charge on any atom is 0.273 e. The van der Waals surface area contributed by atoms with Crippen molar-refractivity contribution < 1.29 is 4.92 Å². The first-order valence-electron chi connectivity index (χ1n) is 5.15. The first-order chi connectivity index (χ1) is 7.65. The summed E-state index contributed by atoms with van der Waals surface area (Å²) in [6.45, 7) is 2.73. The van der Waals surface area contributed by atoms with Crippen molar-refractivity contribution in [1.29, 1.82) is 0 Å². The second-order valence-corrected chi connectivity index (χ2v) is 4.77. The molecular weight excluding hydrogens is 224 g/mol. The van der Waals surface area contributed by atoms with Gasteiger partial charge in [-0.1, -0.05) is 25.1 Å². The van der Waals surface area contributed by atoms with Crippen LogP contribution in [-0.2, 0) is 5.75 Å². The Labute approximate surface area is 99.4 Å². The highest BCUT2D eigenvalue weighted by Gasteiger charge is 2.12. The molecule has 0 heterocycles. The Morgan fingerprint density at radius 3 is 2.81 bits per heavy atom. The Kier molecular flexibility index (Phi) is 5.28. The van der Waals surface area contributed by atoms with Gasteiger partial charge in [0.05, 0.1) is 4.92 Å². The van der Waals surface area contributed by atoms with Gasteiger partial charge in [0.15, 0.2) is 0 Å². The summed E-state index contributed by atoms with van der Waals surface area (Å²) in [6.07, 6.45) is 0. The normalized spacial score (nSPS) is 12.4. The lowest BCUT2D eigenvalue weighted by molar-refractivity contribution is -0.385. The maximum atomic E-state index is 10.8. The van der Waals surface area contributed by atoms with Crippen LogP contribution < -0.4 is 5.73 Å². The predicted molar refractivity (Wildman–Crippen MR) is 67.5 cm³/mol. The van der Waals surface area contributed by atoms with Gasteiger partial charge in [-0.3, -0.25) is 10.1 Å². The van der Waals surface area contributed by atoms with Gasteiger partial charge < -0.3 is 5.73 Å². The van der Waals surface area contributed by atoms with Crippen LogP contribution in [0.1, 0.15) is 12.5 Å². The summed E-state index contributed by atoms with van der Waals surface area (Å²) in [5.74, 6) is 2.05. The fraction of sp³-hybridized carbons (Fsp3) is 0.455. The van der Waals surface area contributed by atoms with E-state index in [-0.39, 0.29) is 10.6 Å². The Bertz CT molecular complexity index is 358. The Morgan fingerprint density at radius 2 is 2.19 bits per heavy atom. The minimum atomic E-state index is -0.331. The highest BCUT2D eigenvalue weighted by molar-refractivity contribution is 7.98. The van der Waals surface area contributed by atoms with Gasteiger partial charge in [-0.15, -0.1) is 0 Å². The molecule has 0 spiro atoms. The molecule has 0 radical (unpaired) electrons. The number of para-hydroxylation sites is 1. The van der Waals surface area contributed by atoms with E-state index < -0.39 is 0 Å². The second kappa shape index (κ2) is 6.50. The maximum absolute atomic E-state index is 10.8. The minimum absolute atomic E-state index is 0.204. The van der Waals surface area contributed by atoms with Crippen molar-refractivity contribution in [3.05, 3.63) is 39.9 Å². The number of nitro groups is 1. The summed E-state index contributed by atoms with van der Waals surface area (Å²) in [4.78, 5) is 10.4. The van der Waals surface area contributed by atoms with E-state index >= 15 is 0 Å². The van der Waals surface area contributed by atoms with Gasteiger partial charge in [-0.05, 0) is 18.2 Å². The molecule has 88 valence electrons. The highest BCUT2D eigenvalue weighted by Crippen LogP contribution is 2.23. The molecule has 0 saturated carbocycles. The molecule has 16 heavy (non-hydrogen) atoms. The molecular formula is C11H16N2O2S. The third kappa shape index (κ3) is 3.83. The Hall–Kier alpha value is -1.07. The smallest absolute Gasteiger partial charge is 0.273 e. The van der Waals surface area contributed by atoms with E-state index in [4.69, 9.17) is 5.73 Å². The summed E-state index contributed by atoms with van der Waals surface area (Å²) in [5.41, 5.74) is 6.49. The van der Waals surface area contributed by atoms with Crippen LogP contribution in [0.4, 0.5) is 5.69 Å². The first kappa shape index (κ1) is 13.0. The molecule has 0 aromatic heterocycles. The summed E-state index contributed by atoms with van der Waals surface area (Å²) in [7, 11) is 0. The quantitative estimate of drug-likeness (QED) is 0.612. The SMILES string of the molecule is CC(CN)CSCc1ccccc1[N+](=O)[O-]. The molecule has 0 fully saturated rings. The molecule has 1 aromatic rings. The molecule has 1 rings (SSSR count). The van der Waals surface area contributed by atoms with Crippen molar-refractivity contribution in [2.75, 3.05) is 12.3 Å². The summed E-state index contributed by atoms with van der Waals surface area (Å²) >= 11 is 1.69. The van der Waals surface area contributed by atoms with Crippen LogP contribution in [0.3, 0.4) is 0 Å². The van der Waals surface area contributed by atoms with Crippen molar-refractivity contribution in [3.8, 4) is 0 Å². The van der Waals surface area contributed by atoms with Crippen molar-refractivity contribution >= 4 is 17.4 Å². The molecule has 0 amide bonds. The zero-order valence-electron chi connectivity index (χ0n) is 9.26. The lowest BCUT2D eigenvalue weighted by Crippen LogP contribution is -2.12. The minimum Gasteiger partial charge on any atom is -0.330 e. The molecule has 4 nitrogen and oxygen atoms in total. The van der Waals surface area contributed by atoms with E-state index in [2.05, 4.69) is 6.92 Å². The van der Waals surface area contributed by atoms with E-state index in [1.165, 1.54) is 0 Å². The van der Waals surface area contributed by atoms with Gasteiger partial charge in [0.1, 0.15) is 0 Å². The summed E-state index contributed by atoms with van der Waals surface area (Å²) in [6, 6.07) is 6.87. The third-order valence-electron chi connectivity index (χ3n) is 2.25. The highest BCUT2D eigenvalue weighted by atomic mass is 32.2. The van der Waals surface area contributed by atoms with Crippen molar-refractivity contribution in [2.24, 2.45) is 11.7 Å². The molecule has 0 bridgehead atoms. The van der Waals surface area contributed by atoms with Gasteiger partial charge in [-0.2, -0.15) is 11.8 Å². The number of hydrogen-bond acceptors (Lipinski definition) is 4. The summed E-state index contributed by atoms with van der Waals surface area (Å²) in [5, 5.41) is 10.8. The van der Waals surface area contributed by atoms with E-state index in [0.717, 1.165) is 11.3 Å². The van der Waals surface area contributed by atoms with E-state index in [0.29, 0.717) is 18.2 Å². The van der Waals surface area contributed by atoms with E-state index in [9.17, 15) is 10.1 Å². The van der Waals surface area contributed by atoms with Crippen molar-refractivity contribution in [1.82, 2.24) is 0 Å². The number of hydrogen-bond donors (Lipinski definition) is 1. The summed E-state index contributed by atoms with van der Waals surface area (Å²) < 4.78 is 0. The fourth-order valence-corrected chi connectivity index (χ4v) is 2.37. The lowest BCUT2D eigenvalue weighted by Gasteiger charge is -2.07. The Morgan fingerprint density at radius 1 is 1.50 bits per heavy atom. The molecule has 1 atom stereocenters. The molecule has 1 aromatic carbocycles.